The van der Waals surface area contributed by atoms with Crippen LogP contribution in [0.4, 0.5) is 4.39 Å². The van der Waals surface area contributed by atoms with Crippen molar-refractivity contribution in [3.8, 4) is 0 Å². The van der Waals surface area contributed by atoms with Crippen LogP contribution < -0.4 is 0 Å². The molecule has 0 amide bonds. The molecule has 3 rings (SSSR count). The molecule has 2 fully saturated rings. The summed E-state index contributed by atoms with van der Waals surface area (Å²) in [6.07, 6.45) is 2.32. The molecule has 2 unspecified atom stereocenters. The van der Waals surface area contributed by atoms with Crippen molar-refractivity contribution in [1.82, 2.24) is 4.31 Å². The zero-order chi connectivity index (χ0) is 14.3. The van der Waals surface area contributed by atoms with Gasteiger partial charge < -0.3 is 5.11 Å². The topological polar surface area (TPSA) is 57.6 Å². The molecule has 0 saturated carbocycles. The maximum absolute atomic E-state index is 12.9. The number of hydrogen-bond acceptors (Lipinski definition) is 3. The smallest absolute Gasteiger partial charge is 0.218 e. The van der Waals surface area contributed by atoms with E-state index in [2.05, 4.69) is 0 Å². The first-order valence-corrected chi connectivity index (χ1v) is 8.50. The van der Waals surface area contributed by atoms with E-state index in [1.54, 1.807) is 4.31 Å². The number of sulfonamides is 1. The Labute approximate surface area is 118 Å². The Morgan fingerprint density at radius 2 is 1.70 bits per heavy atom. The quantitative estimate of drug-likeness (QED) is 0.923. The van der Waals surface area contributed by atoms with Gasteiger partial charge >= 0.3 is 0 Å². The van der Waals surface area contributed by atoms with Gasteiger partial charge in [-0.3, -0.25) is 0 Å². The first-order valence-electron chi connectivity index (χ1n) is 6.89. The van der Waals surface area contributed by atoms with Crippen LogP contribution in [0.15, 0.2) is 24.3 Å². The minimum absolute atomic E-state index is 0.0748. The van der Waals surface area contributed by atoms with E-state index in [0.717, 1.165) is 12.8 Å². The normalized spacial score (nSPS) is 30.6. The molecule has 0 aliphatic carbocycles. The molecule has 110 valence electrons. The van der Waals surface area contributed by atoms with Gasteiger partial charge in [0.15, 0.2) is 0 Å². The average Bonchev–Trinajstić information content (AvgIpc) is 2.66. The van der Waals surface area contributed by atoms with Gasteiger partial charge in [-0.15, -0.1) is 0 Å². The van der Waals surface area contributed by atoms with Crippen molar-refractivity contribution in [2.75, 3.05) is 0 Å². The van der Waals surface area contributed by atoms with E-state index >= 15 is 0 Å². The lowest BCUT2D eigenvalue weighted by atomic mass is 10.0. The van der Waals surface area contributed by atoms with E-state index in [1.807, 2.05) is 0 Å². The molecule has 1 aromatic rings. The van der Waals surface area contributed by atoms with Crippen molar-refractivity contribution >= 4 is 10.0 Å². The Morgan fingerprint density at radius 3 is 2.25 bits per heavy atom. The maximum Gasteiger partial charge on any atom is 0.218 e. The molecule has 4 nitrogen and oxygen atoms in total. The van der Waals surface area contributed by atoms with Crippen LogP contribution in [0.1, 0.15) is 31.2 Å². The summed E-state index contributed by atoms with van der Waals surface area (Å²) in [5, 5.41) is 9.73. The zero-order valence-corrected chi connectivity index (χ0v) is 11.9. The van der Waals surface area contributed by atoms with E-state index in [1.165, 1.54) is 24.3 Å². The van der Waals surface area contributed by atoms with Crippen LogP contribution in [0.5, 0.6) is 0 Å². The monoisotopic (exact) mass is 299 g/mol. The minimum atomic E-state index is -3.41. The molecule has 2 atom stereocenters. The van der Waals surface area contributed by atoms with E-state index in [-0.39, 0.29) is 29.8 Å². The van der Waals surface area contributed by atoms with Crippen molar-refractivity contribution in [3.63, 3.8) is 0 Å². The molecule has 2 aliphatic rings. The Balaban J connectivity index is 1.80. The van der Waals surface area contributed by atoms with Gasteiger partial charge in [-0.1, -0.05) is 12.1 Å². The lowest BCUT2D eigenvalue weighted by molar-refractivity contribution is 0.0768. The number of aliphatic hydroxyl groups is 1. The largest absolute Gasteiger partial charge is 0.393 e. The molecule has 20 heavy (non-hydrogen) atoms. The summed E-state index contributed by atoms with van der Waals surface area (Å²) in [5.41, 5.74) is 0.594. The second-order valence-electron chi connectivity index (χ2n) is 5.72. The minimum Gasteiger partial charge on any atom is -0.393 e. The molecule has 2 heterocycles. The Bertz CT molecular complexity index is 573. The lowest BCUT2D eigenvalue weighted by Crippen LogP contribution is -2.48. The number of rotatable bonds is 3. The van der Waals surface area contributed by atoms with Gasteiger partial charge in [-0.05, 0) is 43.4 Å². The number of aliphatic hydroxyl groups excluding tert-OH is 1. The first-order chi connectivity index (χ1) is 9.45. The highest BCUT2D eigenvalue weighted by Crippen LogP contribution is 2.38. The van der Waals surface area contributed by atoms with Crippen molar-refractivity contribution in [2.24, 2.45) is 0 Å². The second-order valence-corrected chi connectivity index (χ2v) is 7.60. The third-order valence-corrected chi connectivity index (χ3v) is 6.16. The molecular weight excluding hydrogens is 281 g/mol. The van der Waals surface area contributed by atoms with Crippen LogP contribution >= 0.6 is 0 Å². The fraction of sp³-hybridized carbons (Fsp3) is 0.571. The van der Waals surface area contributed by atoms with Crippen molar-refractivity contribution in [2.45, 2.75) is 49.6 Å². The summed E-state index contributed by atoms with van der Waals surface area (Å²) in [5.74, 6) is -0.469. The summed E-state index contributed by atoms with van der Waals surface area (Å²) in [4.78, 5) is 0. The van der Waals surface area contributed by atoms with Crippen LogP contribution in [-0.4, -0.2) is 36.0 Å². The van der Waals surface area contributed by atoms with Crippen molar-refractivity contribution < 1.29 is 17.9 Å². The van der Waals surface area contributed by atoms with Gasteiger partial charge in [0.25, 0.3) is 0 Å². The number of fused-ring (bicyclic) bond motifs is 2. The summed E-state index contributed by atoms with van der Waals surface area (Å²) >= 11 is 0. The molecule has 2 aliphatic heterocycles. The van der Waals surface area contributed by atoms with Crippen LogP contribution in [0, 0.1) is 5.82 Å². The van der Waals surface area contributed by atoms with Crippen molar-refractivity contribution in [1.29, 1.82) is 0 Å². The molecule has 0 radical (unpaired) electrons. The SMILES string of the molecule is O=S(=O)(Cc1ccc(F)cc1)N1C2CCC1CC(O)C2. The second kappa shape index (κ2) is 5.09. The van der Waals surface area contributed by atoms with Crippen LogP contribution in [-0.2, 0) is 15.8 Å². The van der Waals surface area contributed by atoms with Crippen LogP contribution in [0.3, 0.4) is 0 Å². The average molecular weight is 299 g/mol. The standard InChI is InChI=1S/C14H18FNO3S/c15-11-3-1-10(2-4-11)9-20(18,19)16-12-5-6-13(16)8-14(17)7-12/h1-4,12-14,17H,5-9H2. The number of nitrogens with zero attached hydrogens (tertiary/aromatic N) is 1. The zero-order valence-electron chi connectivity index (χ0n) is 11.1. The predicted octanol–water partition coefficient (Wildman–Crippen LogP) is 1.64. The van der Waals surface area contributed by atoms with Gasteiger partial charge in [0, 0.05) is 12.1 Å². The highest BCUT2D eigenvalue weighted by Gasteiger charge is 2.46. The van der Waals surface area contributed by atoms with Crippen LogP contribution in [0.2, 0.25) is 0 Å². The molecule has 1 aromatic carbocycles. The van der Waals surface area contributed by atoms with E-state index < -0.39 is 10.0 Å². The molecular formula is C14H18FNO3S. The number of hydrogen-bond donors (Lipinski definition) is 1. The maximum atomic E-state index is 12.9. The van der Waals surface area contributed by atoms with E-state index in [4.69, 9.17) is 0 Å². The summed E-state index contributed by atoms with van der Waals surface area (Å²) < 4.78 is 39.6. The number of benzene rings is 1. The Kier molecular flexibility index (Phi) is 3.56. The predicted molar refractivity (Wildman–Crippen MR) is 72.9 cm³/mol. The molecule has 2 bridgehead atoms. The number of piperidine rings is 1. The summed E-state index contributed by atoms with van der Waals surface area (Å²) in [6, 6.07) is 5.42. The van der Waals surface area contributed by atoms with Gasteiger partial charge in [0.05, 0.1) is 11.9 Å². The van der Waals surface area contributed by atoms with Crippen molar-refractivity contribution in [3.05, 3.63) is 35.6 Å². The fourth-order valence-corrected chi connectivity index (χ4v) is 5.48. The molecule has 1 N–H and O–H groups in total. The highest BCUT2D eigenvalue weighted by atomic mass is 32.2. The molecule has 2 saturated heterocycles. The Morgan fingerprint density at radius 1 is 1.15 bits per heavy atom. The summed E-state index contributed by atoms with van der Waals surface area (Å²) in [6.45, 7) is 0. The highest BCUT2D eigenvalue weighted by molar-refractivity contribution is 7.88. The third-order valence-electron chi connectivity index (χ3n) is 4.22. The van der Waals surface area contributed by atoms with Gasteiger partial charge in [0.2, 0.25) is 10.0 Å². The van der Waals surface area contributed by atoms with E-state index in [0.29, 0.717) is 18.4 Å². The fourth-order valence-electron chi connectivity index (χ4n) is 3.43. The first kappa shape index (κ1) is 14.0. The van der Waals surface area contributed by atoms with E-state index in [9.17, 15) is 17.9 Å². The molecule has 0 spiro atoms. The van der Waals surface area contributed by atoms with Gasteiger partial charge in [-0.25, -0.2) is 12.8 Å². The van der Waals surface area contributed by atoms with Gasteiger partial charge in [-0.2, -0.15) is 4.31 Å². The summed E-state index contributed by atoms with van der Waals surface area (Å²) in [7, 11) is -3.41. The third kappa shape index (κ3) is 2.60. The van der Waals surface area contributed by atoms with Crippen LogP contribution in [0.25, 0.3) is 0 Å². The lowest BCUT2D eigenvalue weighted by Gasteiger charge is -2.36. The Hall–Kier alpha value is -0.980. The molecule has 6 heteroatoms. The van der Waals surface area contributed by atoms with Gasteiger partial charge in [0.1, 0.15) is 5.82 Å². The number of halogens is 1. The molecule has 0 aromatic heterocycles.